The molecule has 0 spiro atoms. The number of guanidine groups is 1. The van der Waals surface area contributed by atoms with Crippen molar-refractivity contribution in [1.29, 1.82) is 0 Å². The topological polar surface area (TPSA) is 39.7 Å². The fourth-order valence-corrected chi connectivity index (χ4v) is 4.38. The highest BCUT2D eigenvalue weighted by atomic mass is 15.2. The van der Waals surface area contributed by atoms with Crippen molar-refractivity contribution >= 4 is 5.96 Å². The van der Waals surface area contributed by atoms with Gasteiger partial charge in [0.05, 0.1) is 0 Å². The number of rotatable bonds is 7. The van der Waals surface area contributed by atoms with E-state index in [1.54, 1.807) is 0 Å². The molecular formula is C19H36N4. The average Bonchev–Trinajstić information content (AvgIpc) is 3.13. The number of hydrogen-bond donors (Lipinski definition) is 2. The second-order valence-electron chi connectivity index (χ2n) is 8.02. The Morgan fingerprint density at radius 1 is 1.13 bits per heavy atom. The summed E-state index contributed by atoms with van der Waals surface area (Å²) in [4.78, 5) is 7.64. The quantitative estimate of drug-likeness (QED) is 0.559. The van der Waals surface area contributed by atoms with Gasteiger partial charge in [-0.2, -0.15) is 0 Å². The maximum absolute atomic E-state index is 4.95. The molecule has 3 fully saturated rings. The van der Waals surface area contributed by atoms with Crippen molar-refractivity contribution in [2.75, 3.05) is 32.7 Å². The zero-order valence-electron chi connectivity index (χ0n) is 15.2. The van der Waals surface area contributed by atoms with E-state index >= 15 is 0 Å². The van der Waals surface area contributed by atoms with E-state index in [0.29, 0.717) is 5.41 Å². The number of nitrogens with one attached hydrogen (secondary N) is 2. The largest absolute Gasteiger partial charge is 0.357 e. The minimum absolute atomic E-state index is 0.485. The van der Waals surface area contributed by atoms with Crippen LogP contribution in [0.1, 0.15) is 65.2 Å². The predicted molar refractivity (Wildman–Crippen MR) is 97.9 cm³/mol. The molecule has 0 aromatic carbocycles. The molecule has 23 heavy (non-hydrogen) atoms. The van der Waals surface area contributed by atoms with Crippen molar-refractivity contribution in [2.24, 2.45) is 16.3 Å². The second-order valence-corrected chi connectivity index (χ2v) is 8.02. The molecule has 132 valence electrons. The van der Waals surface area contributed by atoms with E-state index < -0.39 is 0 Å². The summed E-state index contributed by atoms with van der Waals surface area (Å²) in [6, 6.07) is 0.925. The smallest absolute Gasteiger partial charge is 0.191 e. The zero-order chi connectivity index (χ0) is 16.1. The van der Waals surface area contributed by atoms with Gasteiger partial charge in [-0.1, -0.05) is 19.8 Å². The van der Waals surface area contributed by atoms with Crippen molar-refractivity contribution < 1.29 is 0 Å². The van der Waals surface area contributed by atoms with Gasteiger partial charge in [0.2, 0.25) is 0 Å². The monoisotopic (exact) mass is 320 g/mol. The third-order valence-corrected chi connectivity index (χ3v) is 6.27. The van der Waals surface area contributed by atoms with Crippen LogP contribution in [-0.2, 0) is 0 Å². The number of hydrogen-bond acceptors (Lipinski definition) is 2. The molecule has 1 aliphatic heterocycles. The summed E-state index contributed by atoms with van der Waals surface area (Å²) in [6.45, 7) is 10.1. The van der Waals surface area contributed by atoms with Crippen LogP contribution in [0.2, 0.25) is 0 Å². The molecule has 3 aliphatic rings. The molecule has 1 unspecified atom stereocenters. The second kappa shape index (κ2) is 7.87. The van der Waals surface area contributed by atoms with E-state index in [-0.39, 0.29) is 0 Å². The average molecular weight is 321 g/mol. The Morgan fingerprint density at radius 3 is 2.57 bits per heavy atom. The standard InChI is InChI=1S/C19H36N4/c1-3-19(10-5-6-11-19)15-22-18(20-4-2)21-13-16-9-12-23(14-16)17-7-8-17/h16-17H,3-15H2,1-2H3,(H2,20,21,22). The lowest BCUT2D eigenvalue weighted by atomic mass is 9.84. The van der Waals surface area contributed by atoms with Gasteiger partial charge in [-0.15, -0.1) is 0 Å². The molecule has 0 aromatic rings. The molecule has 1 saturated heterocycles. The maximum Gasteiger partial charge on any atom is 0.191 e. The Bertz CT molecular complexity index is 396. The molecule has 0 aromatic heterocycles. The lowest BCUT2D eigenvalue weighted by molar-refractivity contribution is 0.297. The van der Waals surface area contributed by atoms with E-state index in [1.165, 1.54) is 64.5 Å². The molecule has 1 heterocycles. The minimum atomic E-state index is 0.485. The van der Waals surface area contributed by atoms with Crippen LogP contribution in [-0.4, -0.2) is 49.6 Å². The highest BCUT2D eigenvalue weighted by molar-refractivity contribution is 5.79. The van der Waals surface area contributed by atoms with Gasteiger partial charge in [-0.25, -0.2) is 0 Å². The van der Waals surface area contributed by atoms with E-state index in [1.807, 2.05) is 0 Å². The molecule has 3 rings (SSSR count). The van der Waals surface area contributed by atoms with E-state index in [9.17, 15) is 0 Å². The Balaban J connectivity index is 1.46. The van der Waals surface area contributed by atoms with Gasteiger partial charge in [0.25, 0.3) is 0 Å². The van der Waals surface area contributed by atoms with Gasteiger partial charge >= 0.3 is 0 Å². The van der Waals surface area contributed by atoms with Crippen LogP contribution in [0.5, 0.6) is 0 Å². The molecule has 0 amide bonds. The Hall–Kier alpha value is -0.770. The molecule has 0 bridgehead atoms. The first-order chi connectivity index (χ1) is 11.2. The summed E-state index contributed by atoms with van der Waals surface area (Å²) >= 11 is 0. The minimum Gasteiger partial charge on any atom is -0.357 e. The first-order valence-electron chi connectivity index (χ1n) is 10.0. The van der Waals surface area contributed by atoms with Crippen LogP contribution in [0, 0.1) is 11.3 Å². The summed E-state index contributed by atoms with van der Waals surface area (Å²) < 4.78 is 0. The Morgan fingerprint density at radius 2 is 1.91 bits per heavy atom. The summed E-state index contributed by atoms with van der Waals surface area (Å²) in [5.74, 6) is 1.84. The van der Waals surface area contributed by atoms with Gasteiger partial charge < -0.3 is 15.5 Å². The highest BCUT2D eigenvalue weighted by Gasteiger charge is 2.34. The van der Waals surface area contributed by atoms with Crippen LogP contribution in [0.25, 0.3) is 0 Å². The predicted octanol–water partition coefficient (Wildman–Crippen LogP) is 3.00. The first kappa shape index (κ1) is 17.1. The molecule has 0 radical (unpaired) electrons. The maximum atomic E-state index is 4.95. The Labute approximate surface area is 142 Å². The summed E-state index contributed by atoms with van der Waals surface area (Å²) in [7, 11) is 0. The zero-order valence-corrected chi connectivity index (χ0v) is 15.2. The molecular weight excluding hydrogens is 284 g/mol. The highest BCUT2D eigenvalue weighted by Crippen LogP contribution is 2.41. The van der Waals surface area contributed by atoms with E-state index in [0.717, 1.165) is 37.6 Å². The fourth-order valence-electron chi connectivity index (χ4n) is 4.38. The summed E-state index contributed by atoms with van der Waals surface area (Å²) in [6.07, 6.45) is 11.0. The van der Waals surface area contributed by atoms with Crippen LogP contribution in [0.4, 0.5) is 0 Å². The van der Waals surface area contributed by atoms with E-state index in [2.05, 4.69) is 29.4 Å². The molecule has 2 N–H and O–H groups in total. The first-order valence-corrected chi connectivity index (χ1v) is 10.0. The number of likely N-dealkylation sites (tertiary alicyclic amines) is 1. The summed E-state index contributed by atoms with van der Waals surface area (Å²) in [5, 5.41) is 7.06. The van der Waals surface area contributed by atoms with E-state index in [4.69, 9.17) is 4.99 Å². The van der Waals surface area contributed by atoms with Gasteiger partial charge in [0, 0.05) is 32.2 Å². The summed E-state index contributed by atoms with van der Waals surface area (Å²) in [5.41, 5.74) is 0.485. The van der Waals surface area contributed by atoms with Crippen LogP contribution in [0.3, 0.4) is 0 Å². The van der Waals surface area contributed by atoms with Crippen molar-refractivity contribution in [2.45, 2.75) is 71.3 Å². The van der Waals surface area contributed by atoms with Crippen molar-refractivity contribution in [3.05, 3.63) is 0 Å². The van der Waals surface area contributed by atoms with Gasteiger partial charge in [-0.05, 0) is 63.3 Å². The van der Waals surface area contributed by atoms with Crippen molar-refractivity contribution in [1.82, 2.24) is 15.5 Å². The van der Waals surface area contributed by atoms with Crippen LogP contribution < -0.4 is 10.6 Å². The number of aliphatic imine (C=N–C) groups is 1. The molecule has 1 atom stereocenters. The third kappa shape index (κ3) is 4.62. The fraction of sp³-hybridized carbons (Fsp3) is 0.947. The van der Waals surface area contributed by atoms with Crippen LogP contribution in [0.15, 0.2) is 4.99 Å². The molecule has 2 aliphatic carbocycles. The van der Waals surface area contributed by atoms with Crippen molar-refractivity contribution in [3.8, 4) is 0 Å². The van der Waals surface area contributed by atoms with Gasteiger partial charge in [0.15, 0.2) is 5.96 Å². The third-order valence-electron chi connectivity index (χ3n) is 6.27. The lowest BCUT2D eigenvalue weighted by Gasteiger charge is -2.26. The van der Waals surface area contributed by atoms with Crippen molar-refractivity contribution in [3.63, 3.8) is 0 Å². The normalized spacial score (nSPS) is 28.3. The van der Waals surface area contributed by atoms with Crippen LogP contribution >= 0.6 is 0 Å². The number of nitrogens with zero attached hydrogens (tertiary/aromatic N) is 2. The molecule has 4 heteroatoms. The lowest BCUT2D eigenvalue weighted by Crippen LogP contribution is -2.41. The Kier molecular flexibility index (Phi) is 5.84. The van der Waals surface area contributed by atoms with Gasteiger partial charge in [-0.3, -0.25) is 4.99 Å². The van der Waals surface area contributed by atoms with Gasteiger partial charge in [0.1, 0.15) is 0 Å². The molecule has 4 nitrogen and oxygen atoms in total. The SMILES string of the molecule is CCNC(=NCC1(CC)CCCC1)NCC1CCN(C2CC2)C1. The molecule has 2 saturated carbocycles.